The molecule has 0 radical (unpaired) electrons. The summed E-state index contributed by atoms with van der Waals surface area (Å²) in [5.41, 5.74) is -0.0178. The normalized spacial score (nSPS) is 13.2. The largest absolute Gasteiger partial charge is 0.480 e. The van der Waals surface area contributed by atoms with Gasteiger partial charge in [0.05, 0.1) is 5.56 Å². The summed E-state index contributed by atoms with van der Waals surface area (Å²) >= 11 is 0. The summed E-state index contributed by atoms with van der Waals surface area (Å²) in [6.07, 6.45) is 0. The van der Waals surface area contributed by atoms with Gasteiger partial charge in [-0.15, -0.1) is 0 Å². The van der Waals surface area contributed by atoms with Gasteiger partial charge in [0, 0.05) is 6.07 Å². The summed E-state index contributed by atoms with van der Waals surface area (Å²) in [7, 11) is -2.59. The number of carbonyl (C=O) groups is 2. The van der Waals surface area contributed by atoms with Gasteiger partial charge < -0.3 is 14.8 Å². The van der Waals surface area contributed by atoms with Gasteiger partial charge in [-0.3, -0.25) is 4.79 Å². The van der Waals surface area contributed by atoms with Crippen molar-refractivity contribution in [1.82, 2.24) is 10.0 Å². The number of nitrogens with one attached hydrogen (secondary N) is 2. The first-order valence-electron chi connectivity index (χ1n) is 6.17. The van der Waals surface area contributed by atoms with Gasteiger partial charge in [0.25, 0.3) is 15.9 Å². The maximum absolute atomic E-state index is 12.1. The average molecular weight is 318 g/mol. The lowest BCUT2D eigenvalue weighted by atomic mass is 10.0. The van der Waals surface area contributed by atoms with Crippen molar-refractivity contribution >= 4 is 21.9 Å². The third-order valence-corrected chi connectivity index (χ3v) is 4.16. The SMILES string of the molecule is CNS(=O)(=O)c1cc(C(=O)NC(C(=O)O)C(C)C)c(C)o1. The van der Waals surface area contributed by atoms with Crippen LogP contribution in [0.4, 0.5) is 0 Å². The number of hydrogen-bond donors (Lipinski definition) is 3. The highest BCUT2D eigenvalue weighted by Crippen LogP contribution is 2.19. The molecule has 0 aliphatic heterocycles. The van der Waals surface area contributed by atoms with Gasteiger partial charge in [-0.25, -0.2) is 17.9 Å². The van der Waals surface area contributed by atoms with Gasteiger partial charge in [0.2, 0.25) is 5.09 Å². The number of amides is 1. The Hall–Kier alpha value is -1.87. The number of aryl methyl sites for hydroxylation is 1. The lowest BCUT2D eigenvalue weighted by Gasteiger charge is -2.17. The van der Waals surface area contributed by atoms with Crippen molar-refractivity contribution in [2.45, 2.75) is 31.9 Å². The number of aliphatic carboxylic acids is 1. The maximum Gasteiger partial charge on any atom is 0.326 e. The lowest BCUT2D eigenvalue weighted by molar-refractivity contribution is -0.140. The van der Waals surface area contributed by atoms with Crippen LogP contribution in [0, 0.1) is 12.8 Å². The third kappa shape index (κ3) is 3.82. The van der Waals surface area contributed by atoms with E-state index in [0.29, 0.717) is 0 Å². The van der Waals surface area contributed by atoms with Crippen molar-refractivity contribution in [3.63, 3.8) is 0 Å². The molecule has 3 N–H and O–H groups in total. The molecule has 21 heavy (non-hydrogen) atoms. The fourth-order valence-electron chi connectivity index (χ4n) is 1.65. The number of rotatable bonds is 6. The monoisotopic (exact) mass is 318 g/mol. The number of hydrogen-bond acceptors (Lipinski definition) is 5. The topological polar surface area (TPSA) is 126 Å². The quantitative estimate of drug-likeness (QED) is 0.694. The summed E-state index contributed by atoms with van der Waals surface area (Å²) < 4.78 is 30.3. The van der Waals surface area contributed by atoms with Crippen LogP contribution < -0.4 is 10.0 Å². The summed E-state index contributed by atoms with van der Waals surface area (Å²) in [6.45, 7) is 4.73. The van der Waals surface area contributed by atoms with E-state index in [-0.39, 0.29) is 17.2 Å². The Morgan fingerprint density at radius 3 is 2.33 bits per heavy atom. The minimum Gasteiger partial charge on any atom is -0.480 e. The Morgan fingerprint density at radius 1 is 1.33 bits per heavy atom. The Bertz CT molecular complexity index is 647. The van der Waals surface area contributed by atoms with E-state index >= 15 is 0 Å². The molecule has 8 nitrogen and oxygen atoms in total. The van der Waals surface area contributed by atoms with Crippen LogP contribution in [-0.4, -0.2) is 38.5 Å². The first kappa shape index (κ1) is 17.2. The highest BCUT2D eigenvalue weighted by atomic mass is 32.2. The molecule has 0 saturated carbocycles. The Balaban J connectivity index is 3.07. The van der Waals surface area contributed by atoms with Crippen LogP contribution in [0.2, 0.25) is 0 Å². The van der Waals surface area contributed by atoms with Gasteiger partial charge >= 0.3 is 5.97 Å². The molecule has 1 aromatic heterocycles. The number of sulfonamides is 1. The Kier molecular flexibility index (Phi) is 5.13. The molecule has 1 heterocycles. The lowest BCUT2D eigenvalue weighted by Crippen LogP contribution is -2.44. The molecule has 0 aromatic carbocycles. The van der Waals surface area contributed by atoms with E-state index in [9.17, 15) is 18.0 Å². The number of carboxylic acid groups (broad SMARTS) is 1. The molecule has 0 aliphatic carbocycles. The minimum atomic E-state index is -3.81. The van der Waals surface area contributed by atoms with Crippen molar-refractivity contribution in [1.29, 1.82) is 0 Å². The molecular formula is C12H18N2O6S. The fourth-order valence-corrected chi connectivity index (χ4v) is 2.35. The second-order valence-electron chi connectivity index (χ2n) is 4.78. The van der Waals surface area contributed by atoms with E-state index in [0.717, 1.165) is 6.07 Å². The van der Waals surface area contributed by atoms with Crippen LogP contribution in [0.5, 0.6) is 0 Å². The zero-order chi connectivity index (χ0) is 16.4. The van der Waals surface area contributed by atoms with Gasteiger partial charge in [-0.2, -0.15) is 0 Å². The highest BCUT2D eigenvalue weighted by Gasteiger charge is 2.27. The third-order valence-electron chi connectivity index (χ3n) is 2.89. The van der Waals surface area contributed by atoms with Gasteiger partial charge in [0.15, 0.2) is 0 Å². The first-order valence-corrected chi connectivity index (χ1v) is 7.66. The number of furan rings is 1. The van der Waals surface area contributed by atoms with Crippen LogP contribution in [0.1, 0.15) is 30.0 Å². The van der Waals surface area contributed by atoms with Gasteiger partial charge in [0.1, 0.15) is 11.8 Å². The van der Waals surface area contributed by atoms with E-state index in [1.54, 1.807) is 13.8 Å². The fraction of sp³-hybridized carbons (Fsp3) is 0.500. The summed E-state index contributed by atoms with van der Waals surface area (Å²) in [6, 6.07) is -0.00779. The molecule has 0 aliphatic rings. The van der Waals surface area contributed by atoms with E-state index in [1.165, 1.54) is 14.0 Å². The molecular weight excluding hydrogens is 300 g/mol. The first-order chi connectivity index (χ1) is 9.60. The van der Waals surface area contributed by atoms with Crippen LogP contribution >= 0.6 is 0 Å². The second-order valence-corrected chi connectivity index (χ2v) is 6.59. The second kappa shape index (κ2) is 6.27. The predicted molar refractivity (Wildman–Crippen MR) is 73.4 cm³/mol. The van der Waals surface area contributed by atoms with Gasteiger partial charge in [-0.1, -0.05) is 13.8 Å². The number of carboxylic acids is 1. The smallest absolute Gasteiger partial charge is 0.326 e. The molecule has 1 rings (SSSR count). The molecule has 1 atom stereocenters. The highest BCUT2D eigenvalue weighted by molar-refractivity contribution is 7.89. The van der Waals surface area contributed by atoms with Gasteiger partial charge in [-0.05, 0) is 19.9 Å². The van der Waals surface area contributed by atoms with E-state index in [2.05, 4.69) is 10.0 Å². The zero-order valence-electron chi connectivity index (χ0n) is 12.1. The van der Waals surface area contributed by atoms with E-state index < -0.39 is 33.0 Å². The van der Waals surface area contributed by atoms with Crippen molar-refractivity contribution in [3.8, 4) is 0 Å². The van der Waals surface area contributed by atoms with E-state index in [4.69, 9.17) is 9.52 Å². The molecule has 0 fully saturated rings. The van der Waals surface area contributed by atoms with Crippen molar-refractivity contribution in [2.24, 2.45) is 5.92 Å². The molecule has 118 valence electrons. The molecule has 0 bridgehead atoms. The summed E-state index contributed by atoms with van der Waals surface area (Å²) in [4.78, 5) is 23.1. The maximum atomic E-state index is 12.1. The van der Waals surface area contributed by atoms with Crippen LogP contribution in [0.15, 0.2) is 15.6 Å². The van der Waals surface area contributed by atoms with Crippen molar-refractivity contribution in [2.75, 3.05) is 7.05 Å². The summed E-state index contributed by atoms with van der Waals surface area (Å²) in [5.74, 6) is -2.09. The zero-order valence-corrected chi connectivity index (χ0v) is 12.9. The minimum absolute atomic E-state index is 0.0178. The standard InChI is InChI=1S/C12H18N2O6S/c1-6(2)10(12(16)17)14-11(15)8-5-9(20-7(8)3)21(18,19)13-4/h5-6,10,13H,1-4H3,(H,14,15)(H,16,17). The Morgan fingerprint density at radius 2 is 1.90 bits per heavy atom. The number of carbonyl (C=O) groups excluding carboxylic acids is 1. The molecule has 1 amide bonds. The molecule has 1 aromatic rings. The molecule has 9 heteroatoms. The van der Waals surface area contributed by atoms with Crippen molar-refractivity contribution < 1.29 is 27.5 Å². The predicted octanol–water partition coefficient (Wildman–Crippen LogP) is 0.335. The molecule has 0 saturated heterocycles. The van der Waals surface area contributed by atoms with Crippen LogP contribution in [0.3, 0.4) is 0 Å². The van der Waals surface area contributed by atoms with E-state index in [1.807, 2.05) is 0 Å². The summed E-state index contributed by atoms with van der Waals surface area (Å²) in [5, 5.41) is 11.0. The average Bonchev–Trinajstić information content (AvgIpc) is 2.77. The van der Waals surface area contributed by atoms with Crippen LogP contribution in [-0.2, 0) is 14.8 Å². The molecule has 0 spiro atoms. The van der Waals surface area contributed by atoms with Crippen LogP contribution in [0.25, 0.3) is 0 Å². The Labute approximate surface area is 122 Å². The molecule has 1 unspecified atom stereocenters. The van der Waals surface area contributed by atoms with Crippen molar-refractivity contribution in [3.05, 3.63) is 17.4 Å².